The van der Waals surface area contributed by atoms with E-state index in [-0.39, 0.29) is 11.1 Å². The van der Waals surface area contributed by atoms with Crippen LogP contribution in [0.15, 0.2) is 51.7 Å². The molecule has 136 valence electrons. The van der Waals surface area contributed by atoms with E-state index in [1.807, 2.05) is 18.2 Å². The number of halogens is 1. The number of anilines is 1. The Morgan fingerprint density at radius 1 is 1.26 bits per heavy atom. The van der Waals surface area contributed by atoms with Gasteiger partial charge in [-0.25, -0.2) is 4.79 Å². The predicted octanol–water partition coefficient (Wildman–Crippen LogP) is 3.48. The second-order valence-electron chi connectivity index (χ2n) is 5.84. The molecule has 27 heavy (non-hydrogen) atoms. The molecule has 0 saturated carbocycles. The van der Waals surface area contributed by atoms with Crippen LogP contribution < -0.4 is 11.1 Å². The lowest BCUT2D eigenvalue weighted by Crippen LogP contribution is -2.12. The number of nitrogens with one attached hydrogen (secondary N) is 1. The molecule has 1 N–H and O–H groups in total. The lowest BCUT2D eigenvalue weighted by atomic mass is 10.2. The maximum Gasteiger partial charge on any atom is 0.419 e. The first-order valence-corrected chi connectivity index (χ1v) is 9.17. The minimum atomic E-state index is -0.523. The third-order valence-corrected chi connectivity index (χ3v) is 5.07. The average Bonchev–Trinajstić information content (AvgIpc) is 3.19. The third kappa shape index (κ3) is 3.49. The maximum atomic E-state index is 12.6. The first-order valence-electron chi connectivity index (χ1n) is 7.98. The number of carbonyl (C=O) groups is 1. The molecule has 7 nitrogen and oxygen atoms in total. The van der Waals surface area contributed by atoms with Gasteiger partial charge in [0.15, 0.2) is 5.58 Å². The molecule has 1 amide bonds. The Morgan fingerprint density at radius 3 is 2.89 bits per heavy atom. The molecule has 0 radical (unpaired) electrons. The number of carbonyl (C=O) groups excluding carboxylic acids is 1. The molecular weight excluding hydrogens is 388 g/mol. The predicted molar refractivity (Wildman–Crippen MR) is 104 cm³/mol. The number of amides is 1. The number of fused-ring (bicyclic) bond motifs is 1. The number of benzene rings is 2. The van der Waals surface area contributed by atoms with Crippen molar-refractivity contribution in [3.63, 3.8) is 0 Å². The Labute approximate surface area is 162 Å². The van der Waals surface area contributed by atoms with Crippen molar-refractivity contribution in [1.82, 2.24) is 14.8 Å². The number of rotatable bonds is 4. The second kappa shape index (κ2) is 6.98. The summed E-state index contributed by atoms with van der Waals surface area (Å²) in [6, 6.07) is 12.5. The normalized spacial score (nSPS) is 11.0. The molecule has 9 heteroatoms. The smallest absolute Gasteiger partial charge is 0.407 e. The Balaban J connectivity index is 1.55. The van der Waals surface area contributed by atoms with Gasteiger partial charge in [0.25, 0.3) is 5.91 Å². The van der Waals surface area contributed by atoms with E-state index >= 15 is 0 Å². The van der Waals surface area contributed by atoms with Crippen LogP contribution in [0.2, 0.25) is 5.02 Å². The summed E-state index contributed by atoms with van der Waals surface area (Å²) in [7, 11) is 1.59. The Morgan fingerprint density at radius 2 is 2.07 bits per heavy atom. The number of hydrogen-bond acceptors (Lipinski definition) is 6. The van der Waals surface area contributed by atoms with E-state index in [1.165, 1.54) is 15.9 Å². The second-order valence-corrected chi connectivity index (χ2v) is 7.34. The zero-order valence-electron chi connectivity index (χ0n) is 14.1. The van der Waals surface area contributed by atoms with Crippen LogP contribution in [-0.4, -0.2) is 20.7 Å². The van der Waals surface area contributed by atoms with Gasteiger partial charge in [0.1, 0.15) is 5.01 Å². The summed E-state index contributed by atoms with van der Waals surface area (Å²) in [6.07, 6.45) is 0.567. The highest BCUT2D eigenvalue weighted by atomic mass is 35.5. The monoisotopic (exact) mass is 400 g/mol. The fourth-order valence-corrected chi connectivity index (χ4v) is 3.67. The molecule has 0 unspecified atom stereocenters. The maximum absolute atomic E-state index is 12.6. The molecule has 0 fully saturated rings. The van der Waals surface area contributed by atoms with Crippen LogP contribution >= 0.6 is 22.9 Å². The third-order valence-electron chi connectivity index (χ3n) is 4.00. The van der Waals surface area contributed by atoms with E-state index in [1.54, 1.807) is 31.3 Å². The number of aryl methyl sites for hydroxylation is 1. The van der Waals surface area contributed by atoms with Crippen molar-refractivity contribution in [3.05, 3.63) is 74.2 Å². The van der Waals surface area contributed by atoms with E-state index in [4.69, 9.17) is 16.0 Å². The number of aromatic nitrogens is 3. The van der Waals surface area contributed by atoms with Gasteiger partial charge in [0, 0.05) is 18.5 Å². The molecule has 0 aliphatic heterocycles. The quantitative estimate of drug-likeness (QED) is 0.566. The van der Waals surface area contributed by atoms with Gasteiger partial charge in [0.05, 0.1) is 11.1 Å². The molecule has 0 spiro atoms. The molecule has 0 atom stereocenters. The summed E-state index contributed by atoms with van der Waals surface area (Å²) in [4.78, 5) is 24.3. The SMILES string of the molecule is Cn1c(=O)oc2c(C(=O)Nc3nnc(Cc4cccc(Cl)c4)s3)cccc21. The Kier molecular flexibility index (Phi) is 4.51. The van der Waals surface area contributed by atoms with Gasteiger partial charge < -0.3 is 4.42 Å². The van der Waals surface area contributed by atoms with Gasteiger partial charge in [-0.1, -0.05) is 41.1 Å². The number of para-hydroxylation sites is 1. The highest BCUT2D eigenvalue weighted by Gasteiger charge is 2.17. The Bertz CT molecular complexity index is 1210. The zero-order valence-corrected chi connectivity index (χ0v) is 15.7. The molecule has 2 heterocycles. The van der Waals surface area contributed by atoms with Crippen LogP contribution in [0.4, 0.5) is 5.13 Å². The highest BCUT2D eigenvalue weighted by Crippen LogP contribution is 2.22. The van der Waals surface area contributed by atoms with Crippen molar-refractivity contribution in [3.8, 4) is 0 Å². The first kappa shape index (κ1) is 17.4. The molecule has 4 rings (SSSR count). The summed E-state index contributed by atoms with van der Waals surface area (Å²) in [6.45, 7) is 0. The number of hydrogen-bond donors (Lipinski definition) is 1. The van der Waals surface area contributed by atoms with Crippen molar-refractivity contribution in [2.45, 2.75) is 6.42 Å². The number of oxazole rings is 1. The van der Waals surface area contributed by atoms with Gasteiger partial charge in [-0.2, -0.15) is 0 Å². The fraction of sp³-hybridized carbons (Fsp3) is 0.111. The van der Waals surface area contributed by atoms with Crippen LogP contribution in [0.25, 0.3) is 11.1 Å². The van der Waals surface area contributed by atoms with Crippen molar-refractivity contribution >= 4 is 45.1 Å². The molecule has 0 aliphatic carbocycles. The van der Waals surface area contributed by atoms with Crippen molar-refractivity contribution in [1.29, 1.82) is 0 Å². The van der Waals surface area contributed by atoms with Gasteiger partial charge in [0.2, 0.25) is 5.13 Å². The van der Waals surface area contributed by atoms with Crippen LogP contribution in [0.5, 0.6) is 0 Å². The van der Waals surface area contributed by atoms with Crippen molar-refractivity contribution < 1.29 is 9.21 Å². The lowest BCUT2D eigenvalue weighted by molar-refractivity contribution is 0.102. The summed E-state index contributed by atoms with van der Waals surface area (Å²) in [5.41, 5.74) is 2.06. The van der Waals surface area contributed by atoms with Gasteiger partial charge >= 0.3 is 5.76 Å². The molecule has 2 aromatic carbocycles. The first-order chi connectivity index (χ1) is 13.0. The standard InChI is InChI=1S/C18H13ClN4O3S/c1-23-13-7-3-6-12(15(13)26-18(23)25)16(24)20-17-22-21-14(27-17)9-10-4-2-5-11(19)8-10/h2-8H,9H2,1H3,(H,20,22,24). The molecular formula is C18H13ClN4O3S. The summed E-state index contributed by atoms with van der Waals surface area (Å²) >= 11 is 7.27. The number of nitrogens with zero attached hydrogens (tertiary/aromatic N) is 3. The van der Waals surface area contributed by atoms with E-state index in [0.717, 1.165) is 10.6 Å². The largest absolute Gasteiger partial charge is 0.419 e. The van der Waals surface area contributed by atoms with E-state index in [0.29, 0.717) is 22.1 Å². The van der Waals surface area contributed by atoms with Crippen LogP contribution in [-0.2, 0) is 13.5 Å². The van der Waals surface area contributed by atoms with E-state index in [9.17, 15) is 9.59 Å². The molecule has 0 aliphatic rings. The van der Waals surface area contributed by atoms with Crippen LogP contribution in [0.3, 0.4) is 0 Å². The Hall–Kier alpha value is -2.97. The topological polar surface area (TPSA) is 90.0 Å². The summed E-state index contributed by atoms with van der Waals surface area (Å²) < 4.78 is 6.53. The lowest BCUT2D eigenvalue weighted by Gasteiger charge is -2.01. The van der Waals surface area contributed by atoms with Gasteiger partial charge in [-0.15, -0.1) is 10.2 Å². The molecule has 2 aromatic heterocycles. The minimum absolute atomic E-state index is 0.242. The van der Waals surface area contributed by atoms with E-state index in [2.05, 4.69) is 15.5 Å². The highest BCUT2D eigenvalue weighted by molar-refractivity contribution is 7.15. The van der Waals surface area contributed by atoms with E-state index < -0.39 is 11.7 Å². The van der Waals surface area contributed by atoms with Crippen LogP contribution in [0, 0.1) is 0 Å². The fourth-order valence-electron chi connectivity index (χ4n) is 2.69. The molecule has 0 saturated heterocycles. The minimum Gasteiger partial charge on any atom is -0.407 e. The molecule has 0 bridgehead atoms. The van der Waals surface area contributed by atoms with Crippen LogP contribution in [0.1, 0.15) is 20.9 Å². The average molecular weight is 401 g/mol. The van der Waals surface area contributed by atoms with Crippen molar-refractivity contribution in [2.24, 2.45) is 7.05 Å². The summed E-state index contributed by atoms with van der Waals surface area (Å²) in [5.74, 6) is -0.939. The summed E-state index contributed by atoms with van der Waals surface area (Å²) in [5, 5.41) is 12.6. The van der Waals surface area contributed by atoms with Crippen molar-refractivity contribution in [2.75, 3.05) is 5.32 Å². The van der Waals surface area contributed by atoms with Gasteiger partial charge in [-0.3, -0.25) is 14.7 Å². The zero-order chi connectivity index (χ0) is 19.0. The molecule has 4 aromatic rings. The van der Waals surface area contributed by atoms with Gasteiger partial charge in [-0.05, 0) is 29.8 Å².